The lowest BCUT2D eigenvalue weighted by atomic mass is 9.90. The Kier molecular flexibility index (Phi) is 6.04. The zero-order chi connectivity index (χ0) is 18.7. The molecule has 1 atom stereocenters. The maximum atomic E-state index is 12.4. The van der Waals surface area contributed by atoms with Gasteiger partial charge >= 0.3 is 5.97 Å². The number of anilines is 1. The Hall–Kier alpha value is -1.79. The molecule has 1 amide bonds. The van der Waals surface area contributed by atoms with Gasteiger partial charge in [0.25, 0.3) is 5.91 Å². The van der Waals surface area contributed by atoms with Gasteiger partial charge in [0.2, 0.25) is 0 Å². The number of hydrogen-bond acceptors (Lipinski definition) is 4. The van der Waals surface area contributed by atoms with Crippen molar-refractivity contribution in [1.29, 1.82) is 0 Å². The largest absolute Gasteiger partial charge is 0.478 e. The Morgan fingerprint density at radius 3 is 2.77 bits per heavy atom. The number of benzene rings is 1. The molecular formula is C19H25ClN2O4. The van der Waals surface area contributed by atoms with Gasteiger partial charge < -0.3 is 20.1 Å². The lowest BCUT2D eigenvalue weighted by Gasteiger charge is -2.34. The highest BCUT2D eigenvalue weighted by molar-refractivity contribution is 6.31. The number of carbonyl (C=O) groups is 2. The van der Waals surface area contributed by atoms with Gasteiger partial charge in [-0.25, -0.2) is 4.79 Å². The van der Waals surface area contributed by atoms with Gasteiger partial charge in [0.1, 0.15) is 5.56 Å². The molecule has 0 radical (unpaired) electrons. The maximum Gasteiger partial charge on any atom is 0.339 e. The van der Waals surface area contributed by atoms with E-state index in [0.717, 1.165) is 32.5 Å². The number of likely N-dealkylation sites (tertiary alicyclic amines) is 1. The lowest BCUT2D eigenvalue weighted by molar-refractivity contribution is -0.124. The summed E-state index contributed by atoms with van der Waals surface area (Å²) in [6, 6.07) is 2.87. The summed E-state index contributed by atoms with van der Waals surface area (Å²) >= 11 is 5.94. The van der Waals surface area contributed by atoms with Crippen molar-refractivity contribution in [3.05, 3.63) is 22.7 Å². The summed E-state index contributed by atoms with van der Waals surface area (Å²) in [5.74, 6) is -0.745. The average Bonchev–Trinajstić information content (AvgIpc) is 2.61. The van der Waals surface area contributed by atoms with Crippen molar-refractivity contribution in [2.45, 2.75) is 45.1 Å². The van der Waals surface area contributed by atoms with E-state index in [2.05, 4.69) is 17.1 Å². The molecule has 1 aromatic rings. The third kappa shape index (κ3) is 4.30. The monoisotopic (exact) mass is 380 g/mol. The van der Waals surface area contributed by atoms with Crippen LogP contribution in [0, 0.1) is 5.92 Å². The van der Waals surface area contributed by atoms with E-state index in [4.69, 9.17) is 16.3 Å². The van der Waals surface area contributed by atoms with E-state index in [9.17, 15) is 14.7 Å². The molecule has 0 saturated carbocycles. The van der Waals surface area contributed by atoms with Crippen LogP contribution in [0.15, 0.2) is 12.1 Å². The SMILES string of the molecule is CCCCN1CCC(CC2Oc3c(cc(Cl)cc3C(=O)O)NC2=O)CC1. The fraction of sp³-hybridized carbons (Fsp3) is 0.579. The molecule has 1 saturated heterocycles. The fourth-order valence-corrected chi connectivity index (χ4v) is 3.88. The molecule has 1 fully saturated rings. The number of piperidine rings is 1. The van der Waals surface area contributed by atoms with Gasteiger partial charge in [0.15, 0.2) is 11.9 Å². The molecule has 0 spiro atoms. The minimum Gasteiger partial charge on any atom is -0.478 e. The van der Waals surface area contributed by atoms with Crippen molar-refractivity contribution in [2.24, 2.45) is 5.92 Å². The molecule has 3 rings (SSSR count). The first-order valence-corrected chi connectivity index (χ1v) is 9.62. The number of fused-ring (bicyclic) bond motifs is 1. The van der Waals surface area contributed by atoms with Crippen LogP contribution in [0.4, 0.5) is 5.69 Å². The second-order valence-corrected chi connectivity index (χ2v) is 7.54. The maximum absolute atomic E-state index is 12.4. The Morgan fingerprint density at radius 1 is 1.38 bits per heavy atom. The van der Waals surface area contributed by atoms with Crippen LogP contribution in [0.25, 0.3) is 0 Å². The van der Waals surface area contributed by atoms with Crippen LogP contribution in [0.3, 0.4) is 0 Å². The summed E-state index contributed by atoms with van der Waals surface area (Å²) in [5.41, 5.74) is 0.303. The highest BCUT2D eigenvalue weighted by atomic mass is 35.5. The molecule has 6 nitrogen and oxygen atoms in total. The quantitative estimate of drug-likeness (QED) is 0.787. The molecule has 0 aliphatic carbocycles. The zero-order valence-electron chi connectivity index (χ0n) is 15.0. The minimum absolute atomic E-state index is 0.0214. The highest BCUT2D eigenvalue weighted by Crippen LogP contribution is 2.38. The van der Waals surface area contributed by atoms with Crippen LogP contribution in [-0.4, -0.2) is 47.6 Å². The van der Waals surface area contributed by atoms with E-state index in [0.29, 0.717) is 18.0 Å². The summed E-state index contributed by atoms with van der Waals surface area (Å²) in [5, 5.41) is 12.4. The third-order valence-corrected chi connectivity index (χ3v) is 5.40. The Morgan fingerprint density at radius 2 is 2.12 bits per heavy atom. The number of halogens is 1. The van der Waals surface area contributed by atoms with Gasteiger partial charge in [-0.05, 0) is 63.4 Å². The number of carboxylic acids is 1. The number of carbonyl (C=O) groups excluding carboxylic acids is 1. The standard InChI is InChI=1S/C19H25ClN2O4/c1-2-3-6-22-7-4-12(5-8-22)9-16-18(23)21-15-11-13(20)10-14(19(24)25)17(15)26-16/h10-12,16H,2-9H2,1H3,(H,21,23)(H,24,25). The van der Waals surface area contributed by atoms with Crippen molar-refractivity contribution in [3.8, 4) is 5.75 Å². The van der Waals surface area contributed by atoms with Gasteiger partial charge in [-0.1, -0.05) is 24.9 Å². The molecule has 2 aliphatic rings. The molecule has 26 heavy (non-hydrogen) atoms. The van der Waals surface area contributed by atoms with E-state index < -0.39 is 12.1 Å². The van der Waals surface area contributed by atoms with Crippen LogP contribution in [0.2, 0.25) is 5.02 Å². The molecular weight excluding hydrogens is 356 g/mol. The lowest BCUT2D eigenvalue weighted by Crippen LogP contribution is -2.41. The summed E-state index contributed by atoms with van der Waals surface area (Å²) in [7, 11) is 0. The summed E-state index contributed by atoms with van der Waals surface area (Å²) < 4.78 is 5.82. The van der Waals surface area contributed by atoms with Crippen molar-refractivity contribution >= 4 is 29.2 Å². The number of unbranched alkanes of at least 4 members (excludes halogenated alkanes) is 1. The first-order valence-electron chi connectivity index (χ1n) is 9.24. The van der Waals surface area contributed by atoms with Crippen molar-refractivity contribution in [3.63, 3.8) is 0 Å². The van der Waals surface area contributed by atoms with E-state index >= 15 is 0 Å². The predicted octanol–water partition coefficient (Wildman–Crippen LogP) is 3.64. The molecule has 1 aromatic carbocycles. The first kappa shape index (κ1) is 19.0. The van der Waals surface area contributed by atoms with E-state index in [1.54, 1.807) is 0 Å². The molecule has 2 heterocycles. The molecule has 0 bridgehead atoms. The summed E-state index contributed by atoms with van der Waals surface area (Å²) in [6.07, 6.45) is 4.44. The minimum atomic E-state index is -1.12. The number of carboxylic acid groups (broad SMARTS) is 1. The molecule has 2 N–H and O–H groups in total. The average molecular weight is 381 g/mol. The summed E-state index contributed by atoms with van der Waals surface area (Å²) in [4.78, 5) is 26.3. The van der Waals surface area contributed by atoms with E-state index in [-0.39, 0.29) is 22.2 Å². The second kappa shape index (κ2) is 8.27. The van der Waals surface area contributed by atoms with Crippen LogP contribution in [0.5, 0.6) is 5.75 Å². The van der Waals surface area contributed by atoms with Gasteiger partial charge in [0, 0.05) is 5.02 Å². The number of nitrogens with one attached hydrogen (secondary N) is 1. The van der Waals surface area contributed by atoms with Gasteiger partial charge in [0.05, 0.1) is 5.69 Å². The summed E-state index contributed by atoms with van der Waals surface area (Å²) in [6.45, 7) is 5.43. The fourth-order valence-electron chi connectivity index (χ4n) is 3.67. The molecule has 1 unspecified atom stereocenters. The number of nitrogens with zero attached hydrogens (tertiary/aromatic N) is 1. The van der Waals surface area contributed by atoms with Crippen LogP contribution < -0.4 is 10.1 Å². The number of rotatable bonds is 6. The van der Waals surface area contributed by atoms with E-state index in [1.807, 2.05) is 0 Å². The number of hydrogen-bond donors (Lipinski definition) is 2. The number of ether oxygens (including phenoxy) is 1. The van der Waals surface area contributed by atoms with Gasteiger partial charge in [-0.2, -0.15) is 0 Å². The molecule has 0 aromatic heterocycles. The highest BCUT2D eigenvalue weighted by Gasteiger charge is 2.34. The molecule has 2 aliphatic heterocycles. The van der Waals surface area contributed by atoms with Crippen LogP contribution >= 0.6 is 11.6 Å². The molecule has 142 valence electrons. The smallest absolute Gasteiger partial charge is 0.339 e. The Bertz CT molecular complexity index is 686. The zero-order valence-corrected chi connectivity index (χ0v) is 15.7. The Labute approximate surface area is 158 Å². The van der Waals surface area contributed by atoms with E-state index in [1.165, 1.54) is 25.0 Å². The predicted molar refractivity (Wildman–Crippen MR) is 100 cm³/mol. The topological polar surface area (TPSA) is 78.9 Å². The van der Waals surface area contributed by atoms with Gasteiger partial charge in [-0.3, -0.25) is 4.79 Å². The number of amides is 1. The normalized spacial score (nSPS) is 21.0. The van der Waals surface area contributed by atoms with Crippen molar-refractivity contribution in [2.75, 3.05) is 25.0 Å². The van der Waals surface area contributed by atoms with Crippen molar-refractivity contribution < 1.29 is 19.4 Å². The number of aromatic carboxylic acids is 1. The Balaban J connectivity index is 1.65. The first-order chi connectivity index (χ1) is 12.5. The third-order valence-electron chi connectivity index (χ3n) is 5.18. The van der Waals surface area contributed by atoms with Gasteiger partial charge in [-0.15, -0.1) is 0 Å². The van der Waals surface area contributed by atoms with Crippen molar-refractivity contribution in [1.82, 2.24) is 4.90 Å². The van der Waals surface area contributed by atoms with Crippen LogP contribution in [-0.2, 0) is 4.79 Å². The van der Waals surface area contributed by atoms with Crippen LogP contribution in [0.1, 0.15) is 49.4 Å². The second-order valence-electron chi connectivity index (χ2n) is 7.11. The molecule has 7 heteroatoms.